The Labute approximate surface area is 209 Å². The molecule has 194 valence electrons. The molecule has 1 atom stereocenters. The summed E-state index contributed by atoms with van der Waals surface area (Å²) in [4.78, 5) is 36.4. The van der Waals surface area contributed by atoms with Crippen LogP contribution in [-0.4, -0.2) is 76.1 Å². The van der Waals surface area contributed by atoms with E-state index in [4.69, 9.17) is 10.5 Å². The number of piperidine rings is 1. The van der Waals surface area contributed by atoms with Crippen LogP contribution in [0.1, 0.15) is 49.9 Å². The molecule has 0 radical (unpaired) electrons. The molecule has 2 aromatic rings. The zero-order chi connectivity index (χ0) is 25.9. The van der Waals surface area contributed by atoms with Gasteiger partial charge in [0.15, 0.2) is 11.6 Å². The van der Waals surface area contributed by atoms with Crippen molar-refractivity contribution in [2.75, 3.05) is 32.8 Å². The molecule has 8 nitrogen and oxygen atoms in total. The number of primary amides is 1. The maximum Gasteiger partial charge on any atom is 0.257 e. The molecule has 2 saturated heterocycles. The fourth-order valence-electron chi connectivity index (χ4n) is 4.88. The van der Waals surface area contributed by atoms with E-state index in [-0.39, 0.29) is 5.56 Å². The van der Waals surface area contributed by atoms with Gasteiger partial charge in [-0.05, 0) is 70.7 Å². The molecule has 0 spiro atoms. The third kappa shape index (κ3) is 6.34. The lowest BCUT2D eigenvalue weighted by molar-refractivity contribution is -0.121. The first-order valence-corrected chi connectivity index (χ1v) is 12.4. The lowest BCUT2D eigenvalue weighted by atomic mass is 9.97. The number of hydrogen-bond acceptors (Lipinski definition) is 6. The molecular formula is C26H33F2N5O3. The molecule has 4 rings (SSSR count). The second-order valence-electron chi connectivity index (χ2n) is 10.2. The van der Waals surface area contributed by atoms with E-state index in [0.29, 0.717) is 55.6 Å². The molecule has 2 N–H and O–H groups in total. The second kappa shape index (κ2) is 10.9. The van der Waals surface area contributed by atoms with E-state index in [2.05, 4.69) is 14.9 Å². The largest absolute Gasteiger partial charge is 0.490 e. The molecule has 1 aromatic carbocycles. The van der Waals surface area contributed by atoms with Gasteiger partial charge in [-0.3, -0.25) is 9.59 Å². The van der Waals surface area contributed by atoms with Gasteiger partial charge in [-0.2, -0.15) is 0 Å². The van der Waals surface area contributed by atoms with E-state index in [1.807, 2.05) is 0 Å². The van der Waals surface area contributed by atoms with E-state index >= 15 is 0 Å². The van der Waals surface area contributed by atoms with Crippen LogP contribution in [0.2, 0.25) is 0 Å². The first-order chi connectivity index (χ1) is 17.1. The molecule has 2 aliphatic heterocycles. The number of nitrogens with zero attached hydrogens (tertiary/aromatic N) is 4. The van der Waals surface area contributed by atoms with Crippen LogP contribution in [0.3, 0.4) is 0 Å². The van der Waals surface area contributed by atoms with Crippen molar-refractivity contribution in [3.05, 3.63) is 42.0 Å². The van der Waals surface area contributed by atoms with E-state index in [1.165, 1.54) is 17.0 Å². The monoisotopic (exact) mass is 501 g/mol. The van der Waals surface area contributed by atoms with Crippen LogP contribution in [0.25, 0.3) is 11.4 Å². The molecule has 1 aromatic heterocycles. The predicted octanol–water partition coefficient (Wildman–Crippen LogP) is 3.21. The van der Waals surface area contributed by atoms with Gasteiger partial charge in [0.25, 0.3) is 5.91 Å². The fourth-order valence-corrected chi connectivity index (χ4v) is 4.88. The maximum absolute atomic E-state index is 14.8. The highest BCUT2D eigenvalue weighted by Crippen LogP contribution is 2.25. The zero-order valence-corrected chi connectivity index (χ0v) is 20.8. The van der Waals surface area contributed by atoms with Crippen molar-refractivity contribution in [1.82, 2.24) is 19.8 Å². The maximum atomic E-state index is 14.8. The van der Waals surface area contributed by atoms with Gasteiger partial charge in [-0.1, -0.05) is 6.07 Å². The van der Waals surface area contributed by atoms with Gasteiger partial charge < -0.3 is 20.3 Å². The summed E-state index contributed by atoms with van der Waals surface area (Å²) in [7, 11) is 0. The summed E-state index contributed by atoms with van der Waals surface area (Å²) in [6.07, 6.45) is 6.11. The Morgan fingerprint density at radius 2 is 1.83 bits per heavy atom. The number of carbonyl (C=O) groups is 2. The minimum atomic E-state index is -1.19. The van der Waals surface area contributed by atoms with E-state index < -0.39 is 29.3 Å². The summed E-state index contributed by atoms with van der Waals surface area (Å²) in [6.45, 7) is 6.24. The number of ether oxygens (including phenoxy) is 1. The van der Waals surface area contributed by atoms with Crippen molar-refractivity contribution in [3.8, 4) is 17.1 Å². The Balaban J connectivity index is 1.32. The van der Waals surface area contributed by atoms with Crippen LogP contribution < -0.4 is 10.5 Å². The average molecular weight is 502 g/mol. The average Bonchev–Trinajstić information content (AvgIpc) is 3.33. The van der Waals surface area contributed by atoms with Crippen molar-refractivity contribution in [2.24, 2.45) is 11.7 Å². The van der Waals surface area contributed by atoms with Crippen LogP contribution in [0.15, 0.2) is 30.6 Å². The Bertz CT molecular complexity index is 1080. The number of aromatic nitrogens is 2. The lowest BCUT2D eigenvalue weighted by Gasteiger charge is -2.34. The van der Waals surface area contributed by atoms with Crippen molar-refractivity contribution in [3.63, 3.8) is 0 Å². The number of halogens is 2. The van der Waals surface area contributed by atoms with Gasteiger partial charge in [0, 0.05) is 18.7 Å². The first-order valence-electron chi connectivity index (χ1n) is 12.4. The van der Waals surface area contributed by atoms with Crippen molar-refractivity contribution < 1.29 is 23.1 Å². The summed E-state index contributed by atoms with van der Waals surface area (Å²) >= 11 is 0. The smallest absolute Gasteiger partial charge is 0.257 e. The molecule has 1 unspecified atom stereocenters. The van der Waals surface area contributed by atoms with Crippen molar-refractivity contribution >= 4 is 11.8 Å². The molecule has 0 bridgehead atoms. The van der Waals surface area contributed by atoms with Gasteiger partial charge in [-0.15, -0.1) is 0 Å². The zero-order valence-electron chi connectivity index (χ0n) is 20.8. The second-order valence-corrected chi connectivity index (χ2v) is 10.2. The van der Waals surface area contributed by atoms with Crippen LogP contribution in [0.4, 0.5) is 8.78 Å². The van der Waals surface area contributed by atoms with E-state index in [1.54, 1.807) is 32.3 Å². The number of nitrogens with two attached hydrogens (primary N) is 1. The summed E-state index contributed by atoms with van der Waals surface area (Å²) in [6, 6.07) is 3.47. The minimum Gasteiger partial charge on any atom is -0.490 e. The molecule has 2 aliphatic rings. The molecule has 0 saturated carbocycles. The van der Waals surface area contributed by atoms with Crippen LogP contribution in [0.5, 0.6) is 5.75 Å². The standard InChI is InChI=1S/C26H33F2N5O3/c1-26(2,28)16-32-10-7-17(8-11-32)15-36-19-13-30-24(31-14-19)18-5-6-20(21(27)12-18)25(35)33-9-3-4-22(33)23(29)34/h5-6,12-14,17,22H,3-4,7-11,15-16H2,1-2H3,(H2,29,34). The fraction of sp³-hybridized carbons (Fsp3) is 0.538. The quantitative estimate of drug-likeness (QED) is 0.596. The molecular weight excluding hydrogens is 468 g/mol. The number of alkyl halides is 1. The number of likely N-dealkylation sites (tertiary alicyclic amines) is 2. The first kappa shape index (κ1) is 25.9. The number of rotatable bonds is 8. The normalized spacial score (nSPS) is 19.4. The molecule has 36 heavy (non-hydrogen) atoms. The van der Waals surface area contributed by atoms with E-state index in [9.17, 15) is 18.4 Å². The number of hydrogen-bond donors (Lipinski definition) is 1. The molecule has 3 heterocycles. The highest BCUT2D eigenvalue weighted by Gasteiger charge is 2.34. The Kier molecular flexibility index (Phi) is 7.82. The minimum absolute atomic E-state index is 0.118. The molecule has 2 amide bonds. The SMILES string of the molecule is CC(C)(F)CN1CCC(COc2cnc(-c3ccc(C(=O)N4CCCC4C(N)=O)c(F)c3)nc2)CC1. The summed E-state index contributed by atoms with van der Waals surface area (Å²) in [5.74, 6) is -0.640. The van der Waals surface area contributed by atoms with Gasteiger partial charge in [-0.25, -0.2) is 18.7 Å². The van der Waals surface area contributed by atoms with E-state index in [0.717, 1.165) is 25.9 Å². The molecule has 0 aliphatic carbocycles. The van der Waals surface area contributed by atoms with Crippen LogP contribution in [0, 0.1) is 11.7 Å². The topological polar surface area (TPSA) is 102 Å². The number of carbonyl (C=O) groups excluding carboxylic acids is 2. The van der Waals surface area contributed by atoms with Gasteiger partial charge in [0.1, 0.15) is 17.5 Å². The predicted molar refractivity (Wildman–Crippen MR) is 131 cm³/mol. The van der Waals surface area contributed by atoms with Crippen molar-refractivity contribution in [2.45, 2.75) is 51.2 Å². The summed E-state index contributed by atoms with van der Waals surface area (Å²) < 4.78 is 34.5. The third-order valence-electron chi connectivity index (χ3n) is 6.72. The Morgan fingerprint density at radius 1 is 1.14 bits per heavy atom. The number of amides is 2. The van der Waals surface area contributed by atoms with Crippen LogP contribution in [-0.2, 0) is 4.79 Å². The highest BCUT2D eigenvalue weighted by atomic mass is 19.1. The van der Waals surface area contributed by atoms with Crippen molar-refractivity contribution in [1.29, 1.82) is 0 Å². The highest BCUT2D eigenvalue weighted by molar-refractivity contribution is 5.98. The summed E-state index contributed by atoms with van der Waals surface area (Å²) in [5.41, 5.74) is 4.49. The Hall–Kier alpha value is -3.14. The van der Waals surface area contributed by atoms with Gasteiger partial charge in [0.2, 0.25) is 5.91 Å². The van der Waals surface area contributed by atoms with Gasteiger partial charge in [0.05, 0.1) is 24.6 Å². The third-order valence-corrected chi connectivity index (χ3v) is 6.72. The molecule has 10 heteroatoms. The lowest BCUT2D eigenvalue weighted by Crippen LogP contribution is -2.43. The summed E-state index contributed by atoms with van der Waals surface area (Å²) in [5, 5.41) is 0. The molecule has 2 fully saturated rings. The van der Waals surface area contributed by atoms with Crippen LogP contribution >= 0.6 is 0 Å². The Morgan fingerprint density at radius 3 is 2.44 bits per heavy atom. The van der Waals surface area contributed by atoms with Gasteiger partial charge >= 0.3 is 0 Å². The number of benzene rings is 1.